The van der Waals surface area contributed by atoms with E-state index in [1.54, 1.807) is 7.11 Å². The highest BCUT2D eigenvalue weighted by atomic mass is 35.5. The van der Waals surface area contributed by atoms with Crippen LogP contribution >= 0.6 is 11.6 Å². The first-order chi connectivity index (χ1) is 13.2. The summed E-state index contributed by atoms with van der Waals surface area (Å²) >= 11 is 6.30. The van der Waals surface area contributed by atoms with Crippen LogP contribution in [0.2, 0.25) is 5.02 Å². The zero-order chi connectivity index (χ0) is 19.1. The molecule has 0 fully saturated rings. The molecule has 0 saturated heterocycles. The summed E-state index contributed by atoms with van der Waals surface area (Å²) in [6, 6.07) is 21.8. The Labute approximate surface area is 164 Å². The van der Waals surface area contributed by atoms with Crippen molar-refractivity contribution in [2.24, 2.45) is 0 Å². The van der Waals surface area contributed by atoms with Crippen LogP contribution in [0.3, 0.4) is 0 Å². The highest BCUT2D eigenvalue weighted by molar-refractivity contribution is 6.31. The predicted molar refractivity (Wildman–Crippen MR) is 108 cm³/mol. The molecule has 1 aromatic heterocycles. The normalized spacial score (nSPS) is 10.7. The molecule has 2 aromatic carbocycles. The Hall–Kier alpha value is -2.56. The first kappa shape index (κ1) is 19.2. The van der Waals surface area contributed by atoms with Gasteiger partial charge < -0.3 is 14.2 Å². The lowest BCUT2D eigenvalue weighted by Gasteiger charge is -2.24. The molecule has 1 heterocycles. The fourth-order valence-corrected chi connectivity index (χ4v) is 3.20. The average Bonchev–Trinajstić information content (AvgIpc) is 3.11. The zero-order valence-corrected chi connectivity index (χ0v) is 16.1. The van der Waals surface area contributed by atoms with Gasteiger partial charge in [-0.05, 0) is 29.3 Å². The van der Waals surface area contributed by atoms with Gasteiger partial charge in [0.05, 0.1) is 6.54 Å². The van der Waals surface area contributed by atoms with Crippen LogP contribution in [-0.2, 0) is 29.2 Å². The molecule has 0 aliphatic heterocycles. The van der Waals surface area contributed by atoms with Gasteiger partial charge in [-0.15, -0.1) is 0 Å². The topological polar surface area (TPSA) is 34.5 Å². The third kappa shape index (κ3) is 5.22. The number of carbonyl (C=O) groups is 1. The van der Waals surface area contributed by atoms with Gasteiger partial charge in [0.2, 0.25) is 5.91 Å². The van der Waals surface area contributed by atoms with Gasteiger partial charge in [-0.2, -0.15) is 0 Å². The van der Waals surface area contributed by atoms with Crippen molar-refractivity contribution in [2.75, 3.05) is 13.7 Å². The lowest BCUT2D eigenvalue weighted by atomic mass is 10.2. The van der Waals surface area contributed by atoms with Gasteiger partial charge in [-0.1, -0.05) is 60.1 Å². The highest BCUT2D eigenvalue weighted by Crippen LogP contribution is 2.18. The fraction of sp³-hybridized carbons (Fsp3) is 0.227. The molecule has 3 aromatic rings. The van der Waals surface area contributed by atoms with E-state index in [9.17, 15) is 4.79 Å². The lowest BCUT2D eigenvalue weighted by molar-refractivity contribution is -0.136. The number of benzene rings is 2. The Balaban J connectivity index is 1.79. The van der Waals surface area contributed by atoms with E-state index in [2.05, 4.69) is 4.57 Å². The summed E-state index contributed by atoms with van der Waals surface area (Å²) < 4.78 is 7.19. The fourth-order valence-electron chi connectivity index (χ4n) is 3.00. The smallest absolute Gasteiger partial charge is 0.249 e. The van der Waals surface area contributed by atoms with Crippen molar-refractivity contribution >= 4 is 17.5 Å². The summed E-state index contributed by atoms with van der Waals surface area (Å²) in [7, 11) is 1.54. The Morgan fingerprint density at radius 3 is 2.48 bits per heavy atom. The summed E-state index contributed by atoms with van der Waals surface area (Å²) in [4.78, 5) is 14.4. The maximum absolute atomic E-state index is 12.6. The van der Waals surface area contributed by atoms with Crippen molar-refractivity contribution in [3.05, 3.63) is 94.8 Å². The van der Waals surface area contributed by atoms with Gasteiger partial charge >= 0.3 is 0 Å². The molecule has 4 nitrogen and oxygen atoms in total. The summed E-state index contributed by atoms with van der Waals surface area (Å²) in [5, 5.41) is 0.744. The molecular formula is C22H23ClN2O2. The minimum atomic E-state index is -0.0353. The molecule has 0 atom stereocenters. The maximum Gasteiger partial charge on any atom is 0.249 e. The molecule has 3 rings (SSSR count). The number of aromatic nitrogens is 1. The molecule has 5 heteroatoms. The van der Waals surface area contributed by atoms with E-state index < -0.39 is 0 Å². The summed E-state index contributed by atoms with van der Waals surface area (Å²) in [5.74, 6) is -0.0353. The molecule has 1 amide bonds. The molecular weight excluding hydrogens is 360 g/mol. The number of rotatable bonds is 8. The van der Waals surface area contributed by atoms with Crippen LogP contribution in [-0.4, -0.2) is 29.1 Å². The van der Waals surface area contributed by atoms with Gasteiger partial charge in [0.15, 0.2) is 0 Å². The number of hydrogen-bond donors (Lipinski definition) is 0. The van der Waals surface area contributed by atoms with E-state index in [1.807, 2.05) is 77.8 Å². The molecule has 0 radical (unpaired) electrons. The standard InChI is InChI=1S/C22H23ClN2O2/c1-27-17-22(26)25(14-18-8-3-2-4-9-18)16-20-11-7-13-24(20)15-19-10-5-6-12-21(19)23/h2-13H,14-17H2,1H3. The molecule has 0 bridgehead atoms. The van der Waals surface area contributed by atoms with Gasteiger partial charge in [0.25, 0.3) is 0 Å². The van der Waals surface area contributed by atoms with Crippen molar-refractivity contribution in [3.63, 3.8) is 0 Å². The van der Waals surface area contributed by atoms with Crippen LogP contribution in [0.1, 0.15) is 16.8 Å². The van der Waals surface area contributed by atoms with E-state index in [-0.39, 0.29) is 12.5 Å². The summed E-state index contributed by atoms with van der Waals surface area (Å²) in [6.45, 7) is 1.78. The summed E-state index contributed by atoms with van der Waals surface area (Å²) in [5.41, 5.74) is 3.19. The van der Waals surface area contributed by atoms with Crippen molar-refractivity contribution in [2.45, 2.75) is 19.6 Å². The van der Waals surface area contributed by atoms with Gasteiger partial charge in [-0.25, -0.2) is 0 Å². The number of methoxy groups -OCH3 is 1. The number of carbonyl (C=O) groups excluding carboxylic acids is 1. The predicted octanol–water partition coefficient (Wildman–Crippen LogP) is 4.37. The quantitative estimate of drug-likeness (QED) is 0.580. The van der Waals surface area contributed by atoms with Crippen LogP contribution < -0.4 is 0 Å². The lowest BCUT2D eigenvalue weighted by Crippen LogP contribution is -2.33. The van der Waals surface area contributed by atoms with E-state index >= 15 is 0 Å². The zero-order valence-electron chi connectivity index (χ0n) is 15.3. The van der Waals surface area contributed by atoms with Gasteiger partial charge in [0.1, 0.15) is 6.61 Å². The second-order valence-corrected chi connectivity index (χ2v) is 6.79. The minimum Gasteiger partial charge on any atom is -0.375 e. The van der Waals surface area contributed by atoms with Crippen LogP contribution in [0.25, 0.3) is 0 Å². The van der Waals surface area contributed by atoms with Crippen molar-refractivity contribution in [1.82, 2.24) is 9.47 Å². The van der Waals surface area contributed by atoms with Crippen molar-refractivity contribution in [3.8, 4) is 0 Å². The molecule has 0 N–H and O–H groups in total. The van der Waals surface area contributed by atoms with Crippen LogP contribution in [0.15, 0.2) is 72.9 Å². The third-order valence-electron chi connectivity index (χ3n) is 4.41. The van der Waals surface area contributed by atoms with Crippen LogP contribution in [0.5, 0.6) is 0 Å². The van der Waals surface area contributed by atoms with E-state index in [1.165, 1.54) is 0 Å². The Morgan fingerprint density at radius 1 is 1.00 bits per heavy atom. The van der Waals surface area contributed by atoms with Gasteiger partial charge in [-0.3, -0.25) is 4.79 Å². The Kier molecular flexibility index (Phi) is 6.69. The monoisotopic (exact) mass is 382 g/mol. The highest BCUT2D eigenvalue weighted by Gasteiger charge is 2.16. The SMILES string of the molecule is COCC(=O)N(Cc1ccccc1)Cc1cccn1Cc1ccccc1Cl. The molecule has 0 saturated carbocycles. The Bertz CT molecular complexity index is 877. The van der Waals surface area contributed by atoms with Crippen LogP contribution in [0, 0.1) is 0 Å². The largest absolute Gasteiger partial charge is 0.375 e. The molecule has 0 spiro atoms. The van der Waals surface area contributed by atoms with Crippen LogP contribution in [0.4, 0.5) is 0 Å². The third-order valence-corrected chi connectivity index (χ3v) is 4.78. The van der Waals surface area contributed by atoms with E-state index in [0.717, 1.165) is 21.8 Å². The second kappa shape index (κ2) is 9.40. The molecule has 0 aliphatic rings. The second-order valence-electron chi connectivity index (χ2n) is 6.39. The van der Waals surface area contributed by atoms with Crippen molar-refractivity contribution < 1.29 is 9.53 Å². The summed E-state index contributed by atoms with van der Waals surface area (Å²) in [6.07, 6.45) is 2.01. The molecule has 0 aliphatic carbocycles. The maximum atomic E-state index is 12.6. The Morgan fingerprint density at radius 2 is 1.74 bits per heavy atom. The molecule has 140 valence electrons. The first-order valence-corrected chi connectivity index (χ1v) is 9.23. The number of halogens is 1. The van der Waals surface area contributed by atoms with E-state index in [4.69, 9.17) is 16.3 Å². The van der Waals surface area contributed by atoms with Gasteiger partial charge in [0, 0.05) is 37.1 Å². The first-order valence-electron chi connectivity index (χ1n) is 8.85. The number of nitrogens with zero attached hydrogens (tertiary/aromatic N) is 2. The minimum absolute atomic E-state index is 0.0353. The number of ether oxygens (including phenoxy) is 1. The average molecular weight is 383 g/mol. The molecule has 27 heavy (non-hydrogen) atoms. The van der Waals surface area contributed by atoms with Crippen molar-refractivity contribution in [1.29, 1.82) is 0 Å². The van der Waals surface area contributed by atoms with E-state index in [0.29, 0.717) is 19.6 Å². The number of hydrogen-bond acceptors (Lipinski definition) is 2. The number of amides is 1. The molecule has 0 unspecified atom stereocenters.